The van der Waals surface area contributed by atoms with E-state index in [4.69, 9.17) is 14.2 Å². The Morgan fingerprint density at radius 3 is 1.46 bits per heavy atom. The van der Waals surface area contributed by atoms with Crippen LogP contribution in [0.25, 0.3) is 0 Å². The van der Waals surface area contributed by atoms with Gasteiger partial charge in [-0.15, -0.1) is 0 Å². The SMILES string of the molecule is CC/C=C\C/C=C\C/C=C\C/C=C\C/C=C\CCCCCCC(O)C(=O)NC(COC1OC(CO)C(O)C(O)C1OC(=O)CCCCCCCCCCCCCCC)C(O)/C=C/CCCCCCCCCCCC. The van der Waals surface area contributed by atoms with Crippen molar-refractivity contribution in [3.8, 4) is 0 Å². The first-order valence-corrected chi connectivity index (χ1v) is 30.2. The molecule has 0 saturated carbocycles. The van der Waals surface area contributed by atoms with E-state index in [1.54, 1.807) is 6.08 Å². The van der Waals surface area contributed by atoms with E-state index in [1.807, 2.05) is 6.08 Å². The van der Waals surface area contributed by atoms with Crippen LogP contribution in [-0.4, -0.2) is 99.6 Å². The molecular formula is C63H111NO10. The highest BCUT2D eigenvalue weighted by atomic mass is 16.7. The van der Waals surface area contributed by atoms with Gasteiger partial charge in [0.05, 0.1) is 25.4 Å². The maximum Gasteiger partial charge on any atom is 0.306 e. The standard InChI is InChI=1S/C63H111NO10/c1-4-7-10-13-16-19-22-25-26-27-28-29-30-31-33-35-38-41-44-47-50-56(67)62(71)64-54(55(66)49-46-43-40-37-34-24-21-18-15-12-9-6-3)53-72-63-61(60(70)59(69)57(52-65)73-63)74-58(68)51-48-45-42-39-36-32-23-20-17-14-11-8-5-2/h7,10,16,19,25-26,28-29,31,33,46,49,54-57,59-61,63,65-67,69-70H,4-6,8-9,11-15,17-18,20-24,27,30,32,34-45,47-48,50-53H2,1-3H3,(H,64,71)/b10-7-,19-16-,26-25-,29-28-,33-31-,49-46+. The Morgan fingerprint density at radius 1 is 0.541 bits per heavy atom. The van der Waals surface area contributed by atoms with Crippen LogP contribution in [0.1, 0.15) is 252 Å². The molecule has 8 unspecified atom stereocenters. The van der Waals surface area contributed by atoms with Crippen LogP contribution in [0, 0.1) is 0 Å². The summed E-state index contributed by atoms with van der Waals surface area (Å²) in [5.41, 5.74) is 0. The Hall–Kier alpha value is -2.90. The molecule has 1 aliphatic heterocycles. The van der Waals surface area contributed by atoms with E-state index in [9.17, 15) is 35.1 Å². The molecule has 0 aromatic carbocycles. The van der Waals surface area contributed by atoms with Crippen molar-refractivity contribution in [2.45, 2.75) is 301 Å². The second-order valence-corrected chi connectivity index (χ2v) is 20.7. The quantitative estimate of drug-likeness (QED) is 0.0195. The minimum absolute atomic E-state index is 0.122. The van der Waals surface area contributed by atoms with E-state index in [2.05, 4.69) is 86.8 Å². The van der Waals surface area contributed by atoms with Gasteiger partial charge in [-0.2, -0.15) is 0 Å². The van der Waals surface area contributed by atoms with E-state index in [0.29, 0.717) is 12.8 Å². The first-order valence-electron chi connectivity index (χ1n) is 30.2. The molecular weight excluding hydrogens is 931 g/mol. The molecule has 0 aromatic rings. The number of hydrogen-bond acceptors (Lipinski definition) is 10. The van der Waals surface area contributed by atoms with Crippen molar-refractivity contribution >= 4 is 11.9 Å². The monoisotopic (exact) mass is 1040 g/mol. The van der Waals surface area contributed by atoms with Crippen LogP contribution in [0.3, 0.4) is 0 Å². The average Bonchev–Trinajstić information content (AvgIpc) is 3.40. The van der Waals surface area contributed by atoms with Gasteiger partial charge in [-0.1, -0.05) is 248 Å². The Labute approximate surface area is 451 Å². The van der Waals surface area contributed by atoms with Crippen molar-refractivity contribution in [1.82, 2.24) is 5.32 Å². The fourth-order valence-electron chi connectivity index (χ4n) is 9.09. The van der Waals surface area contributed by atoms with Gasteiger partial charge in [0.25, 0.3) is 0 Å². The molecule has 0 bridgehead atoms. The summed E-state index contributed by atoms with van der Waals surface area (Å²) in [6, 6.07) is -1.04. The molecule has 0 aliphatic carbocycles. The number of ether oxygens (including phenoxy) is 3. The number of carbonyl (C=O) groups excluding carboxylic acids is 2. The third-order valence-corrected chi connectivity index (χ3v) is 13.9. The Morgan fingerprint density at radius 2 is 0.973 bits per heavy atom. The zero-order valence-corrected chi connectivity index (χ0v) is 47.2. The van der Waals surface area contributed by atoms with E-state index < -0.39 is 67.4 Å². The average molecular weight is 1040 g/mol. The first kappa shape index (κ1) is 69.1. The van der Waals surface area contributed by atoms with Gasteiger partial charge in [-0.05, 0) is 70.6 Å². The minimum Gasteiger partial charge on any atom is -0.454 e. The number of carbonyl (C=O) groups is 2. The number of esters is 1. The van der Waals surface area contributed by atoms with Crippen LogP contribution >= 0.6 is 0 Å². The fraction of sp³-hybridized carbons (Fsp3) is 0.778. The molecule has 0 radical (unpaired) electrons. The van der Waals surface area contributed by atoms with Crippen LogP contribution < -0.4 is 5.32 Å². The van der Waals surface area contributed by atoms with Crippen molar-refractivity contribution in [3.63, 3.8) is 0 Å². The third-order valence-electron chi connectivity index (χ3n) is 13.9. The molecule has 1 heterocycles. The smallest absolute Gasteiger partial charge is 0.306 e. The lowest BCUT2D eigenvalue weighted by Crippen LogP contribution is -2.61. The molecule has 8 atom stereocenters. The second kappa shape index (κ2) is 50.9. The molecule has 11 nitrogen and oxygen atoms in total. The number of amides is 1. The zero-order chi connectivity index (χ0) is 54.0. The number of rotatable bonds is 50. The van der Waals surface area contributed by atoms with Crippen molar-refractivity contribution in [3.05, 3.63) is 72.9 Å². The van der Waals surface area contributed by atoms with Crippen molar-refractivity contribution < 1.29 is 49.3 Å². The lowest BCUT2D eigenvalue weighted by molar-refractivity contribution is -0.305. The van der Waals surface area contributed by atoms with Gasteiger partial charge >= 0.3 is 5.97 Å². The van der Waals surface area contributed by atoms with E-state index in [-0.39, 0.29) is 19.4 Å². The van der Waals surface area contributed by atoms with Crippen LogP contribution in [0.15, 0.2) is 72.9 Å². The predicted octanol–water partition coefficient (Wildman–Crippen LogP) is 14.0. The summed E-state index contributed by atoms with van der Waals surface area (Å²) >= 11 is 0. The molecule has 6 N–H and O–H groups in total. The molecule has 1 rings (SSSR count). The normalized spacial score (nSPS) is 19.8. The third kappa shape index (κ3) is 38.6. The summed E-state index contributed by atoms with van der Waals surface area (Å²) in [6.07, 6.45) is 53.7. The molecule has 11 heteroatoms. The lowest BCUT2D eigenvalue weighted by Gasteiger charge is -2.41. The fourth-order valence-corrected chi connectivity index (χ4v) is 9.09. The van der Waals surface area contributed by atoms with Crippen molar-refractivity contribution in [2.24, 2.45) is 0 Å². The molecule has 1 amide bonds. The summed E-state index contributed by atoms with van der Waals surface area (Å²) in [5, 5.41) is 56.9. The Bertz CT molecular complexity index is 1480. The van der Waals surface area contributed by atoms with Crippen molar-refractivity contribution in [1.29, 1.82) is 0 Å². The van der Waals surface area contributed by atoms with Gasteiger partial charge in [-0.25, -0.2) is 0 Å². The van der Waals surface area contributed by atoms with Crippen LogP contribution in [-0.2, 0) is 23.8 Å². The van der Waals surface area contributed by atoms with Gasteiger partial charge in [0.15, 0.2) is 12.4 Å². The lowest BCUT2D eigenvalue weighted by atomic mass is 9.99. The van der Waals surface area contributed by atoms with Crippen LogP contribution in [0.5, 0.6) is 0 Å². The van der Waals surface area contributed by atoms with Gasteiger partial charge in [0.1, 0.15) is 24.4 Å². The maximum atomic E-state index is 13.4. The summed E-state index contributed by atoms with van der Waals surface area (Å²) < 4.78 is 17.6. The molecule has 428 valence electrons. The van der Waals surface area contributed by atoms with Gasteiger partial charge < -0.3 is 45.1 Å². The first-order chi connectivity index (χ1) is 36.2. The van der Waals surface area contributed by atoms with Gasteiger partial charge in [0.2, 0.25) is 5.91 Å². The zero-order valence-electron chi connectivity index (χ0n) is 47.2. The number of unbranched alkanes of at least 4 members (excludes halogenated alkanes) is 26. The summed E-state index contributed by atoms with van der Waals surface area (Å²) in [7, 11) is 0. The maximum absolute atomic E-state index is 13.4. The van der Waals surface area contributed by atoms with Crippen molar-refractivity contribution in [2.75, 3.05) is 13.2 Å². The Kier molecular flexibility index (Phi) is 47.5. The number of hydrogen-bond donors (Lipinski definition) is 6. The predicted molar refractivity (Wildman–Crippen MR) is 306 cm³/mol. The second-order valence-electron chi connectivity index (χ2n) is 20.7. The van der Waals surface area contributed by atoms with Crippen LogP contribution in [0.2, 0.25) is 0 Å². The highest BCUT2D eigenvalue weighted by Crippen LogP contribution is 2.26. The molecule has 74 heavy (non-hydrogen) atoms. The molecule has 1 saturated heterocycles. The summed E-state index contributed by atoms with van der Waals surface area (Å²) in [5.74, 6) is -1.21. The van der Waals surface area contributed by atoms with Crippen LogP contribution in [0.4, 0.5) is 0 Å². The van der Waals surface area contributed by atoms with Gasteiger partial charge in [0, 0.05) is 6.42 Å². The summed E-state index contributed by atoms with van der Waals surface area (Å²) in [6.45, 7) is 5.65. The van der Waals surface area contributed by atoms with E-state index >= 15 is 0 Å². The topological polar surface area (TPSA) is 175 Å². The Balaban J connectivity index is 2.71. The highest BCUT2D eigenvalue weighted by molar-refractivity contribution is 5.80. The molecule has 0 spiro atoms. The molecule has 1 fully saturated rings. The molecule has 1 aliphatic rings. The van der Waals surface area contributed by atoms with Gasteiger partial charge in [-0.3, -0.25) is 9.59 Å². The van der Waals surface area contributed by atoms with E-state index in [0.717, 1.165) is 96.3 Å². The highest BCUT2D eigenvalue weighted by Gasteiger charge is 2.47. The minimum atomic E-state index is -1.62. The number of nitrogens with one attached hydrogen (secondary N) is 1. The number of allylic oxidation sites excluding steroid dienone is 11. The molecule has 0 aromatic heterocycles. The number of aliphatic hydroxyl groups is 5. The van der Waals surface area contributed by atoms with E-state index in [1.165, 1.54) is 109 Å². The summed E-state index contributed by atoms with van der Waals surface area (Å²) in [4.78, 5) is 26.5. The number of aliphatic hydroxyl groups excluding tert-OH is 5. The largest absolute Gasteiger partial charge is 0.454 e.